The summed E-state index contributed by atoms with van der Waals surface area (Å²) in [4.78, 5) is 24.6. The van der Waals surface area contributed by atoms with Gasteiger partial charge in [0.05, 0.1) is 30.2 Å². The van der Waals surface area contributed by atoms with Crippen molar-refractivity contribution in [2.24, 2.45) is 7.05 Å². The second kappa shape index (κ2) is 15.6. The Morgan fingerprint density at radius 2 is 1.69 bits per heavy atom. The summed E-state index contributed by atoms with van der Waals surface area (Å²) in [6, 6.07) is 22.6. The molecule has 0 saturated carbocycles. The van der Waals surface area contributed by atoms with Gasteiger partial charge in [0.1, 0.15) is 0 Å². The summed E-state index contributed by atoms with van der Waals surface area (Å²) in [5.74, 6) is 0.337. The Balaban J connectivity index is 1.13. The molecule has 3 atom stereocenters. The van der Waals surface area contributed by atoms with E-state index in [1.54, 1.807) is 36.0 Å². The quantitative estimate of drug-likeness (QED) is 0.125. The van der Waals surface area contributed by atoms with E-state index in [1.807, 2.05) is 48.5 Å². The van der Waals surface area contributed by atoms with Crippen LogP contribution in [0.25, 0.3) is 0 Å². The van der Waals surface area contributed by atoms with Gasteiger partial charge in [-0.2, -0.15) is 0 Å². The topological polar surface area (TPSA) is 167 Å². The number of nitrogens with one attached hydrogen (secondary N) is 2. The fourth-order valence-corrected chi connectivity index (χ4v) is 5.72. The van der Waals surface area contributed by atoms with Crippen LogP contribution < -0.4 is 16.4 Å². The number of hydrogen-bond acceptors (Lipinski definition) is 10. The molecule has 1 fully saturated rings. The van der Waals surface area contributed by atoms with Gasteiger partial charge in [-0.05, 0) is 45.7 Å². The van der Waals surface area contributed by atoms with Crippen molar-refractivity contribution in [3.05, 3.63) is 95.1 Å². The summed E-state index contributed by atoms with van der Waals surface area (Å²) in [7, 11) is 1.80. The number of carbonyl (C=O) groups is 2. The van der Waals surface area contributed by atoms with Gasteiger partial charge in [-0.3, -0.25) is 9.59 Å². The second-order valence-electron chi connectivity index (χ2n) is 10.8. The van der Waals surface area contributed by atoms with Crippen molar-refractivity contribution >= 4 is 35.0 Å². The number of hydrogen-bond donors (Lipinski definition) is 4. The molecule has 236 valence electrons. The van der Waals surface area contributed by atoms with Crippen LogP contribution in [0.15, 0.2) is 78.0 Å². The van der Waals surface area contributed by atoms with Crippen LogP contribution >= 0.6 is 11.8 Å². The largest absolute Gasteiger partial charge is 0.397 e. The highest BCUT2D eigenvalue weighted by Gasteiger charge is 2.32. The highest BCUT2D eigenvalue weighted by Crippen LogP contribution is 2.39. The molecule has 0 bridgehead atoms. The maximum absolute atomic E-state index is 12.4. The molecule has 45 heavy (non-hydrogen) atoms. The number of carbonyl (C=O) groups excluding carboxylic acids is 2. The van der Waals surface area contributed by atoms with E-state index in [4.69, 9.17) is 15.2 Å². The van der Waals surface area contributed by atoms with Crippen LogP contribution in [-0.4, -0.2) is 49.0 Å². The van der Waals surface area contributed by atoms with Gasteiger partial charge in [0.15, 0.2) is 6.29 Å². The Hall–Kier alpha value is -4.30. The van der Waals surface area contributed by atoms with Gasteiger partial charge in [0.2, 0.25) is 17.0 Å². The van der Waals surface area contributed by atoms with Crippen LogP contribution in [0.4, 0.5) is 11.4 Å². The first-order chi connectivity index (χ1) is 21.9. The average molecular weight is 632 g/mol. The first-order valence-electron chi connectivity index (χ1n) is 14.7. The Bertz CT molecular complexity index is 1560. The predicted molar refractivity (Wildman–Crippen MR) is 170 cm³/mol. The summed E-state index contributed by atoms with van der Waals surface area (Å²) in [5.41, 5.74) is 10.6. The molecule has 1 aliphatic heterocycles. The first kappa shape index (κ1) is 32.1. The van der Waals surface area contributed by atoms with E-state index in [-0.39, 0.29) is 43.5 Å². The molecular weight excluding hydrogens is 594 g/mol. The number of tetrazole rings is 1. The Labute approximate surface area is 265 Å². The molecule has 5 rings (SSSR count). The van der Waals surface area contributed by atoms with Gasteiger partial charge in [0.25, 0.3) is 0 Å². The molecule has 4 aromatic rings. The zero-order valence-corrected chi connectivity index (χ0v) is 25.8. The third-order valence-corrected chi connectivity index (χ3v) is 8.52. The number of nitrogens with two attached hydrogens (primary N) is 1. The van der Waals surface area contributed by atoms with Gasteiger partial charge in [-0.15, -0.1) is 5.10 Å². The van der Waals surface area contributed by atoms with Crippen molar-refractivity contribution in [1.29, 1.82) is 0 Å². The number of rotatable bonds is 13. The standard InChI is InChI=1S/C32H37N7O5S/c1-39-32(36-37-38-39)45-20-25-17-28(23-13-11-22(19-40)12-14-23)44-31(43-25)24-15-9-21(10-16-24)18-34-29(41)7-4-8-30(42)35-27-6-3-2-5-26(27)33/h2-3,5-6,9-16,25,28,31,40H,4,7-8,17-20,33H2,1H3,(H,34,41)(H,35,42)/t25-,28+,31+/m1/s1. The molecule has 0 radical (unpaired) electrons. The van der Waals surface area contributed by atoms with Crippen LogP contribution in [0.1, 0.15) is 60.3 Å². The molecule has 13 heteroatoms. The van der Waals surface area contributed by atoms with E-state index in [2.05, 4.69) is 26.2 Å². The molecule has 2 amide bonds. The number of aliphatic hydroxyl groups is 1. The van der Waals surface area contributed by atoms with Gasteiger partial charge >= 0.3 is 0 Å². The smallest absolute Gasteiger partial charge is 0.224 e. The van der Waals surface area contributed by atoms with Crippen LogP contribution in [0.5, 0.6) is 0 Å². The highest BCUT2D eigenvalue weighted by molar-refractivity contribution is 7.99. The van der Waals surface area contributed by atoms with E-state index < -0.39 is 6.29 Å². The van der Waals surface area contributed by atoms with Crippen molar-refractivity contribution in [2.75, 3.05) is 16.8 Å². The third-order valence-electron chi connectivity index (χ3n) is 7.38. The molecule has 1 aromatic heterocycles. The van der Waals surface area contributed by atoms with Crippen LogP contribution in [-0.2, 0) is 39.3 Å². The van der Waals surface area contributed by atoms with Crippen molar-refractivity contribution in [3.8, 4) is 0 Å². The molecule has 5 N–H and O–H groups in total. The number of ether oxygens (including phenoxy) is 2. The number of nitrogens with zero attached hydrogens (tertiary/aromatic N) is 4. The lowest BCUT2D eigenvalue weighted by Gasteiger charge is -2.36. The minimum Gasteiger partial charge on any atom is -0.397 e. The fourth-order valence-electron chi connectivity index (χ4n) is 4.85. The lowest BCUT2D eigenvalue weighted by molar-refractivity contribution is -0.245. The number of aryl methyl sites for hydroxylation is 1. The van der Waals surface area contributed by atoms with Crippen molar-refractivity contribution in [1.82, 2.24) is 25.5 Å². The summed E-state index contributed by atoms with van der Waals surface area (Å²) >= 11 is 1.53. The normalized spacial score (nSPS) is 18.0. The zero-order valence-electron chi connectivity index (χ0n) is 25.0. The Morgan fingerprint density at radius 1 is 0.978 bits per heavy atom. The van der Waals surface area contributed by atoms with Crippen molar-refractivity contribution in [3.63, 3.8) is 0 Å². The molecular formula is C32H37N7O5S. The number of para-hydroxylation sites is 2. The zero-order chi connectivity index (χ0) is 31.6. The molecule has 3 aromatic carbocycles. The number of benzene rings is 3. The minimum absolute atomic E-state index is 0.0167. The first-order valence-corrected chi connectivity index (χ1v) is 15.7. The number of nitrogen functional groups attached to an aromatic ring is 1. The Kier molecular flexibility index (Phi) is 11.1. The van der Waals surface area contributed by atoms with E-state index in [0.717, 1.165) is 22.3 Å². The number of amides is 2. The molecule has 1 saturated heterocycles. The van der Waals surface area contributed by atoms with E-state index >= 15 is 0 Å². The lowest BCUT2D eigenvalue weighted by Crippen LogP contribution is -2.31. The van der Waals surface area contributed by atoms with Crippen molar-refractivity contribution < 1.29 is 24.2 Å². The molecule has 12 nitrogen and oxygen atoms in total. The van der Waals surface area contributed by atoms with Crippen molar-refractivity contribution in [2.45, 2.75) is 62.5 Å². The summed E-state index contributed by atoms with van der Waals surface area (Å²) in [6.45, 7) is 0.347. The maximum atomic E-state index is 12.4. The van der Waals surface area contributed by atoms with E-state index in [1.165, 1.54) is 11.8 Å². The van der Waals surface area contributed by atoms with Gasteiger partial charge < -0.3 is 30.9 Å². The van der Waals surface area contributed by atoms with Gasteiger partial charge in [-0.25, -0.2) is 4.68 Å². The maximum Gasteiger partial charge on any atom is 0.224 e. The minimum atomic E-state index is -0.592. The monoisotopic (exact) mass is 631 g/mol. The van der Waals surface area contributed by atoms with E-state index in [9.17, 15) is 14.7 Å². The summed E-state index contributed by atoms with van der Waals surface area (Å²) in [6.07, 6.45) is 0.620. The number of thioether (sulfide) groups is 1. The number of anilines is 2. The average Bonchev–Trinajstić information content (AvgIpc) is 3.48. The second-order valence-corrected chi connectivity index (χ2v) is 11.7. The van der Waals surface area contributed by atoms with Crippen LogP contribution in [0.2, 0.25) is 0 Å². The highest BCUT2D eigenvalue weighted by atomic mass is 32.2. The molecule has 2 heterocycles. The Morgan fingerprint density at radius 3 is 2.40 bits per heavy atom. The molecule has 0 unspecified atom stereocenters. The lowest BCUT2D eigenvalue weighted by atomic mass is 10.0. The van der Waals surface area contributed by atoms with Gasteiger partial charge in [0, 0.05) is 44.2 Å². The van der Waals surface area contributed by atoms with E-state index in [0.29, 0.717) is 41.7 Å². The van der Waals surface area contributed by atoms with Crippen LogP contribution in [0.3, 0.4) is 0 Å². The molecule has 0 aliphatic carbocycles. The molecule has 1 aliphatic rings. The fraction of sp³-hybridized carbons (Fsp3) is 0.344. The SMILES string of the molecule is Cn1nnnc1SC[C@H]1C[C@@H](c2ccc(CO)cc2)O[C@@H](c2ccc(CNC(=O)CCCC(=O)Nc3ccccc3N)cc2)O1. The summed E-state index contributed by atoms with van der Waals surface area (Å²) < 4.78 is 14.4. The predicted octanol–water partition coefficient (Wildman–Crippen LogP) is 4.05. The number of aliphatic hydroxyl groups excluding tert-OH is 1. The molecule has 0 spiro atoms. The van der Waals surface area contributed by atoms with Gasteiger partial charge in [-0.1, -0.05) is 72.4 Å². The summed E-state index contributed by atoms with van der Waals surface area (Å²) in [5, 5.41) is 27.5. The third kappa shape index (κ3) is 9.11. The van der Waals surface area contributed by atoms with Crippen LogP contribution in [0, 0.1) is 0 Å². The number of aromatic nitrogens is 4.